The number of nitrogens with two attached hydrogens (primary N) is 1. The number of aromatic nitrogens is 2. The number of rotatable bonds is 3. The summed E-state index contributed by atoms with van der Waals surface area (Å²) in [5.41, 5.74) is 8.01. The monoisotopic (exact) mass is 362 g/mol. The van der Waals surface area contributed by atoms with Crippen molar-refractivity contribution in [1.29, 1.82) is 0 Å². The van der Waals surface area contributed by atoms with E-state index in [0.717, 1.165) is 28.7 Å². The SMILES string of the molecule is CC1CC(CN)CN1C(=O)c1cc(-c2ccc(Br)cc2)n[nH]1. The third-order valence-electron chi connectivity index (χ3n) is 4.20. The van der Waals surface area contributed by atoms with E-state index in [1.807, 2.05) is 35.2 Å². The molecular formula is C16H19BrN4O. The number of carbonyl (C=O) groups is 1. The van der Waals surface area contributed by atoms with Gasteiger partial charge in [-0.05, 0) is 44.0 Å². The summed E-state index contributed by atoms with van der Waals surface area (Å²) in [6, 6.07) is 9.89. The predicted octanol–water partition coefficient (Wildman–Crippen LogP) is 2.65. The lowest BCUT2D eigenvalue weighted by atomic mass is 10.1. The third kappa shape index (κ3) is 2.94. The van der Waals surface area contributed by atoms with Crippen LogP contribution >= 0.6 is 15.9 Å². The van der Waals surface area contributed by atoms with E-state index in [4.69, 9.17) is 5.73 Å². The van der Waals surface area contributed by atoms with Crippen LogP contribution in [-0.2, 0) is 0 Å². The van der Waals surface area contributed by atoms with Crippen LogP contribution in [0.2, 0.25) is 0 Å². The quantitative estimate of drug-likeness (QED) is 0.881. The maximum atomic E-state index is 12.6. The molecule has 0 bridgehead atoms. The second kappa shape index (κ2) is 6.22. The zero-order chi connectivity index (χ0) is 15.7. The van der Waals surface area contributed by atoms with E-state index in [1.165, 1.54) is 0 Å². The number of H-pyrrole nitrogens is 1. The van der Waals surface area contributed by atoms with Gasteiger partial charge in [0.15, 0.2) is 0 Å². The lowest BCUT2D eigenvalue weighted by molar-refractivity contribution is 0.0737. The maximum Gasteiger partial charge on any atom is 0.272 e. The summed E-state index contributed by atoms with van der Waals surface area (Å²) in [5.74, 6) is 0.395. The number of carbonyl (C=O) groups excluding carboxylic acids is 1. The Balaban J connectivity index is 1.79. The van der Waals surface area contributed by atoms with Crippen molar-refractivity contribution >= 4 is 21.8 Å². The highest BCUT2D eigenvalue weighted by Crippen LogP contribution is 2.25. The highest BCUT2D eigenvalue weighted by molar-refractivity contribution is 9.10. The molecule has 0 aliphatic carbocycles. The van der Waals surface area contributed by atoms with Crippen molar-refractivity contribution in [3.8, 4) is 11.3 Å². The molecule has 1 amide bonds. The molecule has 1 aromatic carbocycles. The number of amides is 1. The van der Waals surface area contributed by atoms with Crippen LogP contribution in [-0.4, -0.2) is 40.1 Å². The Kier molecular flexibility index (Phi) is 4.31. The first-order valence-electron chi connectivity index (χ1n) is 7.41. The van der Waals surface area contributed by atoms with E-state index < -0.39 is 0 Å². The standard InChI is InChI=1S/C16H19BrN4O/c1-10-6-11(8-18)9-21(10)16(22)15-7-14(19-20-15)12-2-4-13(17)5-3-12/h2-5,7,10-11H,6,8-9,18H2,1H3,(H,19,20). The van der Waals surface area contributed by atoms with Crippen LogP contribution < -0.4 is 5.73 Å². The molecule has 1 aromatic heterocycles. The lowest BCUT2D eigenvalue weighted by Gasteiger charge is -2.20. The minimum atomic E-state index is -0.000637. The number of nitrogens with zero attached hydrogens (tertiary/aromatic N) is 2. The van der Waals surface area contributed by atoms with Crippen LogP contribution in [0, 0.1) is 5.92 Å². The smallest absolute Gasteiger partial charge is 0.272 e. The number of nitrogens with one attached hydrogen (secondary N) is 1. The van der Waals surface area contributed by atoms with Crippen molar-refractivity contribution in [2.75, 3.05) is 13.1 Å². The summed E-state index contributed by atoms with van der Waals surface area (Å²) >= 11 is 3.41. The molecule has 2 unspecified atom stereocenters. The zero-order valence-corrected chi connectivity index (χ0v) is 14.0. The minimum Gasteiger partial charge on any atom is -0.334 e. The van der Waals surface area contributed by atoms with Crippen molar-refractivity contribution < 1.29 is 4.79 Å². The molecule has 1 aliphatic heterocycles. The molecule has 3 N–H and O–H groups in total. The highest BCUT2D eigenvalue weighted by atomic mass is 79.9. The van der Waals surface area contributed by atoms with Gasteiger partial charge >= 0.3 is 0 Å². The molecule has 5 nitrogen and oxygen atoms in total. The Morgan fingerprint density at radius 3 is 2.82 bits per heavy atom. The average molecular weight is 363 g/mol. The Morgan fingerprint density at radius 2 is 2.18 bits per heavy atom. The molecule has 0 spiro atoms. The summed E-state index contributed by atoms with van der Waals surface area (Å²) < 4.78 is 1.02. The first-order valence-corrected chi connectivity index (χ1v) is 8.20. The molecule has 22 heavy (non-hydrogen) atoms. The summed E-state index contributed by atoms with van der Waals surface area (Å²) in [6.45, 7) is 3.42. The summed E-state index contributed by atoms with van der Waals surface area (Å²) in [7, 11) is 0. The Bertz CT molecular complexity index is 667. The summed E-state index contributed by atoms with van der Waals surface area (Å²) in [5, 5.41) is 7.13. The van der Waals surface area contributed by atoms with E-state index in [1.54, 1.807) is 0 Å². The summed E-state index contributed by atoms with van der Waals surface area (Å²) in [6.07, 6.45) is 0.968. The molecular weight excluding hydrogens is 344 g/mol. The molecule has 3 rings (SSSR count). The molecule has 6 heteroatoms. The van der Waals surface area contributed by atoms with Crippen molar-refractivity contribution in [3.05, 3.63) is 40.5 Å². The van der Waals surface area contributed by atoms with Gasteiger partial charge in [0, 0.05) is 22.6 Å². The van der Waals surface area contributed by atoms with Crippen molar-refractivity contribution in [1.82, 2.24) is 15.1 Å². The molecule has 1 aliphatic rings. The zero-order valence-electron chi connectivity index (χ0n) is 12.4. The van der Waals surface area contributed by atoms with E-state index in [-0.39, 0.29) is 11.9 Å². The highest BCUT2D eigenvalue weighted by Gasteiger charge is 2.32. The van der Waals surface area contributed by atoms with E-state index >= 15 is 0 Å². The van der Waals surface area contributed by atoms with Gasteiger partial charge in [-0.15, -0.1) is 0 Å². The number of aromatic amines is 1. The number of hydrogen-bond acceptors (Lipinski definition) is 3. The van der Waals surface area contributed by atoms with Gasteiger partial charge in [0.25, 0.3) is 5.91 Å². The van der Waals surface area contributed by atoms with Crippen LogP contribution in [0.25, 0.3) is 11.3 Å². The molecule has 0 saturated carbocycles. The third-order valence-corrected chi connectivity index (χ3v) is 4.73. The normalized spacial score (nSPS) is 21.3. The fourth-order valence-corrected chi connectivity index (χ4v) is 3.21. The van der Waals surface area contributed by atoms with Crippen LogP contribution in [0.15, 0.2) is 34.8 Å². The van der Waals surface area contributed by atoms with Gasteiger partial charge in [-0.2, -0.15) is 5.10 Å². The van der Waals surface area contributed by atoms with Gasteiger partial charge in [0.2, 0.25) is 0 Å². The molecule has 2 aromatic rings. The van der Waals surface area contributed by atoms with Crippen molar-refractivity contribution in [2.24, 2.45) is 11.7 Å². The van der Waals surface area contributed by atoms with Gasteiger partial charge in [0.05, 0.1) is 5.69 Å². The van der Waals surface area contributed by atoms with E-state index in [0.29, 0.717) is 18.2 Å². The Labute approximate surface area is 138 Å². The molecule has 0 radical (unpaired) electrons. The largest absolute Gasteiger partial charge is 0.334 e. The molecule has 116 valence electrons. The average Bonchev–Trinajstić information content (AvgIpc) is 3.14. The predicted molar refractivity (Wildman–Crippen MR) is 89.4 cm³/mol. The topological polar surface area (TPSA) is 75.0 Å². The van der Waals surface area contributed by atoms with Crippen molar-refractivity contribution in [2.45, 2.75) is 19.4 Å². The van der Waals surface area contributed by atoms with E-state index in [9.17, 15) is 4.79 Å². The second-order valence-corrected chi connectivity index (χ2v) is 6.73. The first-order chi connectivity index (χ1) is 10.6. The van der Waals surface area contributed by atoms with Crippen LogP contribution in [0.3, 0.4) is 0 Å². The number of likely N-dealkylation sites (tertiary alicyclic amines) is 1. The Hall–Kier alpha value is -1.66. The van der Waals surface area contributed by atoms with Gasteiger partial charge in [-0.25, -0.2) is 0 Å². The number of halogens is 1. The Morgan fingerprint density at radius 1 is 1.45 bits per heavy atom. The van der Waals surface area contributed by atoms with Gasteiger partial charge < -0.3 is 10.6 Å². The molecule has 1 saturated heterocycles. The molecule has 2 heterocycles. The fourth-order valence-electron chi connectivity index (χ4n) is 2.95. The summed E-state index contributed by atoms with van der Waals surface area (Å²) in [4.78, 5) is 14.5. The van der Waals surface area contributed by atoms with Gasteiger partial charge in [-0.3, -0.25) is 9.89 Å². The van der Waals surface area contributed by atoms with Gasteiger partial charge in [0.1, 0.15) is 5.69 Å². The van der Waals surface area contributed by atoms with Crippen LogP contribution in [0.1, 0.15) is 23.8 Å². The van der Waals surface area contributed by atoms with Crippen LogP contribution in [0.4, 0.5) is 0 Å². The van der Waals surface area contributed by atoms with Crippen molar-refractivity contribution in [3.63, 3.8) is 0 Å². The lowest BCUT2D eigenvalue weighted by Crippen LogP contribution is -2.34. The minimum absolute atomic E-state index is 0.000637. The maximum absolute atomic E-state index is 12.6. The molecule has 1 fully saturated rings. The van der Waals surface area contributed by atoms with Crippen LogP contribution in [0.5, 0.6) is 0 Å². The second-order valence-electron chi connectivity index (χ2n) is 5.82. The fraction of sp³-hybridized carbons (Fsp3) is 0.375. The van der Waals surface area contributed by atoms with E-state index in [2.05, 4.69) is 33.1 Å². The molecule has 2 atom stereocenters. The number of benzene rings is 1. The van der Waals surface area contributed by atoms with Gasteiger partial charge in [-0.1, -0.05) is 28.1 Å². The first kappa shape index (κ1) is 15.2. The number of hydrogen-bond donors (Lipinski definition) is 2.